The topological polar surface area (TPSA) is 69.6 Å². The molecule has 0 radical (unpaired) electrons. The van der Waals surface area contributed by atoms with Crippen LogP contribution in [-0.4, -0.2) is 35.1 Å². The minimum atomic E-state index is -4.53. The summed E-state index contributed by atoms with van der Waals surface area (Å²) < 4.78 is 37.6. The number of nitrogens with zero attached hydrogens (tertiary/aromatic N) is 1. The molecule has 0 heterocycles. The highest BCUT2D eigenvalue weighted by Crippen LogP contribution is 2.30. The van der Waals surface area contributed by atoms with Gasteiger partial charge in [-0.3, -0.25) is 4.79 Å². The lowest BCUT2D eigenvalue weighted by Gasteiger charge is -2.19. The molecule has 0 unspecified atom stereocenters. The minimum absolute atomic E-state index is 0.0445. The fourth-order valence-electron chi connectivity index (χ4n) is 1.51. The van der Waals surface area contributed by atoms with E-state index in [-0.39, 0.29) is 12.2 Å². The van der Waals surface area contributed by atoms with E-state index in [2.05, 4.69) is 11.9 Å². The van der Waals surface area contributed by atoms with Crippen LogP contribution in [0.2, 0.25) is 0 Å². The molecule has 5 nitrogen and oxygen atoms in total. The molecule has 0 aliphatic heterocycles. The van der Waals surface area contributed by atoms with Crippen LogP contribution in [0.25, 0.3) is 0 Å². The Kier molecular flexibility index (Phi) is 5.34. The lowest BCUT2D eigenvalue weighted by molar-refractivity contribution is -0.138. The molecule has 114 valence electrons. The predicted molar refractivity (Wildman–Crippen MR) is 69.9 cm³/mol. The third kappa shape index (κ3) is 5.17. The first-order valence-electron chi connectivity index (χ1n) is 5.80. The number of halogens is 3. The molecule has 8 heteroatoms. The zero-order valence-electron chi connectivity index (χ0n) is 10.9. The van der Waals surface area contributed by atoms with Crippen LogP contribution in [0.4, 0.5) is 23.7 Å². The summed E-state index contributed by atoms with van der Waals surface area (Å²) in [5.74, 6) is -1.24. The summed E-state index contributed by atoms with van der Waals surface area (Å²) in [4.78, 5) is 23.3. The van der Waals surface area contributed by atoms with Crippen molar-refractivity contribution >= 4 is 17.7 Å². The fraction of sp³-hybridized carbons (Fsp3) is 0.231. The Balaban J connectivity index is 2.86. The molecule has 1 aromatic rings. The van der Waals surface area contributed by atoms with Gasteiger partial charge in [0.25, 0.3) is 0 Å². The van der Waals surface area contributed by atoms with Gasteiger partial charge < -0.3 is 15.3 Å². The van der Waals surface area contributed by atoms with E-state index < -0.39 is 30.3 Å². The van der Waals surface area contributed by atoms with Crippen LogP contribution in [-0.2, 0) is 11.0 Å². The van der Waals surface area contributed by atoms with Crippen LogP contribution in [0.5, 0.6) is 0 Å². The quantitative estimate of drug-likeness (QED) is 0.822. The number of carboxylic acid groups (broad SMARTS) is 1. The van der Waals surface area contributed by atoms with E-state index in [0.717, 1.165) is 23.1 Å². The number of carbonyl (C=O) groups excluding carboxylic acids is 1. The van der Waals surface area contributed by atoms with Crippen molar-refractivity contribution in [3.63, 3.8) is 0 Å². The largest absolute Gasteiger partial charge is 0.480 e. The highest BCUT2D eigenvalue weighted by atomic mass is 19.4. The zero-order valence-corrected chi connectivity index (χ0v) is 10.9. The average molecular weight is 302 g/mol. The van der Waals surface area contributed by atoms with Gasteiger partial charge in [-0.25, -0.2) is 4.79 Å². The molecule has 0 bridgehead atoms. The summed E-state index contributed by atoms with van der Waals surface area (Å²) in [5, 5.41) is 10.9. The van der Waals surface area contributed by atoms with Crippen LogP contribution in [0.1, 0.15) is 5.56 Å². The van der Waals surface area contributed by atoms with E-state index in [1.165, 1.54) is 12.1 Å². The van der Waals surface area contributed by atoms with Gasteiger partial charge in [-0.2, -0.15) is 13.2 Å². The second-order valence-corrected chi connectivity index (χ2v) is 4.07. The number of alkyl halides is 3. The molecule has 0 saturated heterocycles. The Morgan fingerprint density at radius 2 is 2.05 bits per heavy atom. The van der Waals surface area contributed by atoms with Crippen molar-refractivity contribution in [3.8, 4) is 0 Å². The Labute approximate surface area is 118 Å². The molecule has 0 atom stereocenters. The predicted octanol–water partition coefficient (Wildman–Crippen LogP) is 2.81. The molecule has 1 aromatic carbocycles. The average Bonchev–Trinajstić information content (AvgIpc) is 2.37. The summed E-state index contributed by atoms with van der Waals surface area (Å²) in [5.41, 5.74) is -0.983. The summed E-state index contributed by atoms with van der Waals surface area (Å²) in [6, 6.07) is 3.24. The summed E-state index contributed by atoms with van der Waals surface area (Å²) in [6.45, 7) is 2.75. The van der Waals surface area contributed by atoms with Crippen molar-refractivity contribution in [1.82, 2.24) is 4.90 Å². The second-order valence-electron chi connectivity index (χ2n) is 4.07. The first-order valence-corrected chi connectivity index (χ1v) is 5.80. The molecule has 0 spiro atoms. The number of anilines is 1. The SMILES string of the molecule is C=CCN(CC(=O)O)C(=O)Nc1cccc(C(F)(F)F)c1. The molecular formula is C13H13F3N2O3. The molecule has 2 amide bonds. The van der Waals surface area contributed by atoms with E-state index in [4.69, 9.17) is 5.11 Å². The Bertz CT molecular complexity index is 544. The van der Waals surface area contributed by atoms with Crippen molar-refractivity contribution in [2.75, 3.05) is 18.4 Å². The highest BCUT2D eigenvalue weighted by molar-refractivity contribution is 5.91. The van der Waals surface area contributed by atoms with Crippen LogP contribution in [0, 0.1) is 0 Å². The summed E-state index contributed by atoms with van der Waals surface area (Å²) >= 11 is 0. The molecule has 1 rings (SSSR count). The molecular weight excluding hydrogens is 289 g/mol. The van der Waals surface area contributed by atoms with E-state index in [1.807, 2.05) is 0 Å². The first-order chi connectivity index (χ1) is 9.74. The minimum Gasteiger partial charge on any atom is -0.480 e. The zero-order chi connectivity index (χ0) is 16.0. The van der Waals surface area contributed by atoms with Crippen LogP contribution in [0.3, 0.4) is 0 Å². The maximum absolute atomic E-state index is 12.5. The Morgan fingerprint density at radius 3 is 2.57 bits per heavy atom. The van der Waals surface area contributed by atoms with Gasteiger partial charge >= 0.3 is 18.2 Å². The number of hydrogen-bond acceptors (Lipinski definition) is 2. The summed E-state index contributed by atoms with van der Waals surface area (Å²) in [7, 11) is 0. The highest BCUT2D eigenvalue weighted by Gasteiger charge is 2.30. The lowest BCUT2D eigenvalue weighted by Crippen LogP contribution is -2.38. The van der Waals surface area contributed by atoms with Crippen LogP contribution < -0.4 is 5.32 Å². The molecule has 0 aliphatic rings. The van der Waals surface area contributed by atoms with Crippen molar-refractivity contribution in [2.24, 2.45) is 0 Å². The molecule has 0 saturated carbocycles. The van der Waals surface area contributed by atoms with Crippen molar-refractivity contribution < 1.29 is 27.9 Å². The first kappa shape index (κ1) is 16.5. The van der Waals surface area contributed by atoms with Gasteiger partial charge in [-0.15, -0.1) is 6.58 Å². The van der Waals surface area contributed by atoms with E-state index in [9.17, 15) is 22.8 Å². The van der Waals surface area contributed by atoms with Crippen LogP contribution in [0.15, 0.2) is 36.9 Å². The molecule has 0 aromatic heterocycles. The van der Waals surface area contributed by atoms with Crippen LogP contribution >= 0.6 is 0 Å². The maximum Gasteiger partial charge on any atom is 0.416 e. The van der Waals surface area contributed by atoms with Crippen molar-refractivity contribution in [2.45, 2.75) is 6.18 Å². The standard InChI is InChI=1S/C13H13F3N2O3/c1-2-6-18(8-11(19)20)12(21)17-10-5-3-4-9(7-10)13(14,15)16/h2-5,7H,1,6,8H2,(H,17,21)(H,19,20). The summed E-state index contributed by atoms with van der Waals surface area (Å²) in [6.07, 6.45) is -3.21. The number of aliphatic carboxylic acids is 1. The smallest absolute Gasteiger partial charge is 0.416 e. The molecule has 0 fully saturated rings. The monoisotopic (exact) mass is 302 g/mol. The van der Waals surface area contributed by atoms with E-state index in [1.54, 1.807) is 0 Å². The van der Waals surface area contributed by atoms with E-state index in [0.29, 0.717) is 0 Å². The normalized spacial score (nSPS) is 10.8. The van der Waals surface area contributed by atoms with Gasteiger partial charge in [-0.05, 0) is 18.2 Å². The number of carboxylic acids is 1. The maximum atomic E-state index is 12.5. The number of nitrogens with one attached hydrogen (secondary N) is 1. The number of rotatable bonds is 5. The van der Waals surface area contributed by atoms with Gasteiger partial charge in [0.2, 0.25) is 0 Å². The molecule has 0 aliphatic carbocycles. The van der Waals surface area contributed by atoms with Gasteiger partial charge in [0.1, 0.15) is 6.54 Å². The third-order valence-electron chi connectivity index (χ3n) is 2.40. The van der Waals surface area contributed by atoms with Gasteiger partial charge in [0, 0.05) is 12.2 Å². The Hall–Kier alpha value is -2.51. The molecule has 21 heavy (non-hydrogen) atoms. The van der Waals surface area contributed by atoms with Crippen molar-refractivity contribution in [3.05, 3.63) is 42.5 Å². The Morgan fingerprint density at radius 1 is 1.38 bits per heavy atom. The number of benzene rings is 1. The fourth-order valence-corrected chi connectivity index (χ4v) is 1.51. The molecule has 2 N–H and O–H groups in total. The third-order valence-corrected chi connectivity index (χ3v) is 2.40. The van der Waals surface area contributed by atoms with Gasteiger partial charge in [0.15, 0.2) is 0 Å². The van der Waals surface area contributed by atoms with Gasteiger partial charge in [-0.1, -0.05) is 12.1 Å². The van der Waals surface area contributed by atoms with Gasteiger partial charge in [0.05, 0.1) is 5.56 Å². The lowest BCUT2D eigenvalue weighted by atomic mass is 10.2. The number of hydrogen-bond donors (Lipinski definition) is 2. The van der Waals surface area contributed by atoms with E-state index >= 15 is 0 Å². The number of amides is 2. The number of urea groups is 1. The number of carbonyl (C=O) groups is 2. The second kappa shape index (κ2) is 6.78. The van der Waals surface area contributed by atoms with Crippen molar-refractivity contribution in [1.29, 1.82) is 0 Å².